The molecule has 0 saturated carbocycles. The third kappa shape index (κ3) is 5.67. The van der Waals surface area contributed by atoms with Gasteiger partial charge in [-0.3, -0.25) is 20.4 Å². The summed E-state index contributed by atoms with van der Waals surface area (Å²) < 4.78 is 32.1. The van der Waals surface area contributed by atoms with Gasteiger partial charge in [0.25, 0.3) is 11.8 Å². The summed E-state index contributed by atoms with van der Waals surface area (Å²) in [5.41, 5.74) is 5.43. The molecular weight excluding hydrogens is 396 g/mol. The standard InChI is InChI=1S/C19H18N4O5S/c24-18(22-23-19(25)17-4-1-11-20-17)10-7-14-5-8-16(9-6-14)29(26,27)21-13-15-3-2-12-28-15/h1-12,20-21H,13H2,(H,22,24)(H,23,25)/b10-7+. The molecule has 29 heavy (non-hydrogen) atoms. The molecule has 1 aromatic carbocycles. The highest BCUT2D eigenvalue weighted by molar-refractivity contribution is 7.89. The van der Waals surface area contributed by atoms with Crippen molar-refractivity contribution in [3.8, 4) is 0 Å². The molecular formula is C19H18N4O5S. The Bertz CT molecular complexity index is 1090. The monoisotopic (exact) mass is 414 g/mol. The Labute approximate surface area is 166 Å². The molecule has 150 valence electrons. The maximum absolute atomic E-state index is 12.3. The van der Waals surface area contributed by atoms with Crippen molar-refractivity contribution in [3.05, 3.63) is 84.1 Å². The summed E-state index contributed by atoms with van der Waals surface area (Å²) in [6.07, 6.45) is 5.76. The lowest BCUT2D eigenvalue weighted by Gasteiger charge is -2.06. The fraction of sp³-hybridized carbons (Fsp3) is 0.0526. The van der Waals surface area contributed by atoms with Crippen molar-refractivity contribution in [2.24, 2.45) is 0 Å². The number of aromatic amines is 1. The van der Waals surface area contributed by atoms with Crippen LogP contribution in [0.4, 0.5) is 0 Å². The van der Waals surface area contributed by atoms with E-state index in [-0.39, 0.29) is 11.4 Å². The number of rotatable bonds is 7. The molecule has 0 fully saturated rings. The number of hydrazine groups is 1. The predicted molar refractivity (Wildman–Crippen MR) is 105 cm³/mol. The Kier molecular flexibility index (Phi) is 6.27. The Balaban J connectivity index is 1.52. The van der Waals surface area contributed by atoms with Gasteiger partial charge in [0.15, 0.2) is 0 Å². The van der Waals surface area contributed by atoms with E-state index >= 15 is 0 Å². The van der Waals surface area contributed by atoms with E-state index in [1.54, 1.807) is 42.6 Å². The first-order valence-electron chi connectivity index (χ1n) is 8.48. The maximum Gasteiger partial charge on any atom is 0.286 e. The zero-order valence-electron chi connectivity index (χ0n) is 15.1. The SMILES string of the molecule is O=C(/C=C/c1ccc(S(=O)(=O)NCc2ccco2)cc1)NNC(=O)c1ccc[nH]1. The summed E-state index contributed by atoms with van der Waals surface area (Å²) in [6.45, 7) is 0.0470. The summed E-state index contributed by atoms with van der Waals surface area (Å²) in [5.74, 6) is -0.516. The van der Waals surface area contributed by atoms with Crippen molar-refractivity contribution < 1.29 is 22.4 Å². The number of aromatic nitrogens is 1. The first-order valence-corrected chi connectivity index (χ1v) is 9.96. The molecule has 2 heterocycles. The van der Waals surface area contributed by atoms with Gasteiger partial charge in [0.2, 0.25) is 10.0 Å². The van der Waals surface area contributed by atoms with Crippen LogP contribution in [0.25, 0.3) is 6.08 Å². The van der Waals surface area contributed by atoms with Gasteiger partial charge in [0.1, 0.15) is 11.5 Å². The van der Waals surface area contributed by atoms with Gasteiger partial charge in [-0.05, 0) is 48.0 Å². The molecule has 3 rings (SSSR count). The highest BCUT2D eigenvalue weighted by Crippen LogP contribution is 2.12. The average Bonchev–Trinajstić information content (AvgIpc) is 3.43. The van der Waals surface area contributed by atoms with Crippen LogP contribution in [0.15, 0.2) is 76.4 Å². The van der Waals surface area contributed by atoms with Gasteiger partial charge in [-0.25, -0.2) is 13.1 Å². The highest BCUT2D eigenvalue weighted by atomic mass is 32.2. The number of benzene rings is 1. The Morgan fingerprint density at radius 3 is 2.48 bits per heavy atom. The van der Waals surface area contributed by atoms with E-state index in [1.807, 2.05) is 0 Å². The molecule has 0 spiro atoms. The van der Waals surface area contributed by atoms with E-state index in [9.17, 15) is 18.0 Å². The van der Waals surface area contributed by atoms with Crippen molar-refractivity contribution in [2.45, 2.75) is 11.4 Å². The number of hydrogen-bond acceptors (Lipinski definition) is 5. The second-order valence-electron chi connectivity index (χ2n) is 5.83. The van der Waals surface area contributed by atoms with Crippen LogP contribution in [0, 0.1) is 0 Å². The molecule has 0 aliphatic rings. The van der Waals surface area contributed by atoms with Crippen molar-refractivity contribution >= 4 is 27.9 Å². The predicted octanol–water partition coefficient (Wildman–Crippen LogP) is 1.56. The number of amides is 2. The van der Waals surface area contributed by atoms with E-state index in [0.717, 1.165) is 0 Å². The molecule has 4 N–H and O–H groups in total. The molecule has 0 atom stereocenters. The summed E-state index contributed by atoms with van der Waals surface area (Å²) in [4.78, 5) is 26.3. The third-order valence-corrected chi connectivity index (χ3v) is 5.19. The number of sulfonamides is 1. The maximum atomic E-state index is 12.3. The average molecular weight is 414 g/mol. The lowest BCUT2D eigenvalue weighted by atomic mass is 10.2. The molecule has 0 bridgehead atoms. The molecule has 2 amide bonds. The minimum atomic E-state index is -3.69. The van der Waals surface area contributed by atoms with Crippen LogP contribution in [0.1, 0.15) is 21.8 Å². The van der Waals surface area contributed by atoms with E-state index in [2.05, 4.69) is 20.6 Å². The summed E-state index contributed by atoms with van der Waals surface area (Å²) in [7, 11) is -3.69. The molecule has 10 heteroatoms. The second-order valence-corrected chi connectivity index (χ2v) is 7.60. The van der Waals surface area contributed by atoms with Crippen LogP contribution in [0.2, 0.25) is 0 Å². The molecule has 2 aromatic heterocycles. The summed E-state index contributed by atoms with van der Waals surface area (Å²) in [5, 5.41) is 0. The first kappa shape index (κ1) is 20.1. The van der Waals surface area contributed by atoms with E-state index in [0.29, 0.717) is 17.0 Å². The van der Waals surface area contributed by atoms with Crippen LogP contribution in [-0.2, 0) is 21.4 Å². The fourth-order valence-corrected chi connectivity index (χ4v) is 3.28. The molecule has 9 nitrogen and oxygen atoms in total. The van der Waals surface area contributed by atoms with Crippen LogP contribution in [-0.4, -0.2) is 25.2 Å². The van der Waals surface area contributed by atoms with Gasteiger partial charge >= 0.3 is 0 Å². The van der Waals surface area contributed by atoms with E-state index in [4.69, 9.17) is 4.42 Å². The second kappa shape index (κ2) is 9.04. The molecule has 0 unspecified atom stereocenters. The van der Waals surface area contributed by atoms with Crippen molar-refractivity contribution in [3.63, 3.8) is 0 Å². The lowest BCUT2D eigenvalue weighted by Crippen LogP contribution is -2.40. The number of carbonyl (C=O) groups is 2. The van der Waals surface area contributed by atoms with Gasteiger partial charge in [0.05, 0.1) is 17.7 Å². The van der Waals surface area contributed by atoms with Gasteiger partial charge in [-0.1, -0.05) is 12.1 Å². The summed E-state index contributed by atoms with van der Waals surface area (Å²) in [6, 6.07) is 12.5. The summed E-state index contributed by atoms with van der Waals surface area (Å²) >= 11 is 0. The zero-order chi connectivity index (χ0) is 20.7. The number of H-pyrrole nitrogens is 1. The zero-order valence-corrected chi connectivity index (χ0v) is 15.9. The van der Waals surface area contributed by atoms with Crippen molar-refractivity contribution in [1.82, 2.24) is 20.6 Å². The molecule has 0 radical (unpaired) electrons. The Morgan fingerprint density at radius 1 is 1.03 bits per heavy atom. The van der Waals surface area contributed by atoms with Gasteiger partial charge in [0, 0.05) is 12.3 Å². The number of nitrogens with one attached hydrogen (secondary N) is 4. The number of furan rings is 1. The molecule has 0 aliphatic heterocycles. The van der Waals surface area contributed by atoms with Crippen molar-refractivity contribution in [1.29, 1.82) is 0 Å². The topological polar surface area (TPSA) is 133 Å². The first-order chi connectivity index (χ1) is 13.9. The Hall–Kier alpha value is -3.63. The highest BCUT2D eigenvalue weighted by Gasteiger charge is 2.14. The molecule has 0 aliphatic carbocycles. The van der Waals surface area contributed by atoms with E-state index in [1.165, 1.54) is 30.5 Å². The normalized spacial score (nSPS) is 11.4. The van der Waals surface area contributed by atoms with Gasteiger partial charge < -0.3 is 9.40 Å². The fourth-order valence-electron chi connectivity index (χ4n) is 2.29. The quantitative estimate of drug-likeness (QED) is 0.344. The minimum Gasteiger partial charge on any atom is -0.468 e. The van der Waals surface area contributed by atoms with Gasteiger partial charge in [-0.2, -0.15) is 0 Å². The minimum absolute atomic E-state index is 0.0470. The lowest BCUT2D eigenvalue weighted by molar-refractivity contribution is -0.117. The van der Waals surface area contributed by atoms with Gasteiger partial charge in [-0.15, -0.1) is 0 Å². The van der Waals surface area contributed by atoms with Crippen molar-refractivity contribution in [2.75, 3.05) is 0 Å². The van der Waals surface area contributed by atoms with Crippen LogP contribution < -0.4 is 15.6 Å². The smallest absolute Gasteiger partial charge is 0.286 e. The number of carbonyl (C=O) groups excluding carboxylic acids is 2. The number of hydrogen-bond donors (Lipinski definition) is 4. The molecule has 0 saturated heterocycles. The van der Waals surface area contributed by atoms with Crippen LogP contribution >= 0.6 is 0 Å². The van der Waals surface area contributed by atoms with E-state index < -0.39 is 21.8 Å². The third-order valence-electron chi connectivity index (χ3n) is 3.78. The van der Waals surface area contributed by atoms with Crippen LogP contribution in [0.5, 0.6) is 0 Å². The molecule has 3 aromatic rings. The van der Waals surface area contributed by atoms with Crippen LogP contribution in [0.3, 0.4) is 0 Å². The Morgan fingerprint density at radius 2 is 1.83 bits per heavy atom. The largest absolute Gasteiger partial charge is 0.468 e.